The molecule has 0 bridgehead atoms. The summed E-state index contributed by atoms with van der Waals surface area (Å²) < 4.78 is 4.93. The average Bonchev–Trinajstić information content (AvgIpc) is 2.78. The van der Waals surface area contributed by atoms with E-state index in [2.05, 4.69) is 64.2 Å². The van der Waals surface area contributed by atoms with Crippen LogP contribution in [-0.2, 0) is 16.1 Å². The van der Waals surface area contributed by atoms with Crippen LogP contribution in [0.3, 0.4) is 0 Å². The zero-order chi connectivity index (χ0) is 20.9. The molecule has 5 nitrogen and oxygen atoms in total. The fraction of sp³-hybridized carbons (Fsp3) is 0.560. The summed E-state index contributed by atoms with van der Waals surface area (Å²) in [4.78, 5) is 19.5. The minimum atomic E-state index is -0.0849. The molecular weight excluding hydrogens is 374 g/mol. The number of benzene rings is 2. The second-order valence-electron chi connectivity index (χ2n) is 8.94. The number of likely N-dealkylation sites (N-methyl/N-ethyl adjacent to an activating group) is 1. The minimum absolute atomic E-state index is 0.0849. The Labute approximate surface area is 180 Å². The quantitative estimate of drug-likeness (QED) is 0.685. The summed E-state index contributed by atoms with van der Waals surface area (Å²) in [5, 5.41) is 2.66. The van der Waals surface area contributed by atoms with Gasteiger partial charge in [-0.15, -0.1) is 0 Å². The smallest absolute Gasteiger partial charge is 0.305 e. The molecule has 4 rings (SSSR count). The molecule has 0 N–H and O–H groups in total. The molecule has 2 aromatic rings. The summed E-state index contributed by atoms with van der Waals surface area (Å²) in [5.74, 6) is 0.425. The van der Waals surface area contributed by atoms with Crippen LogP contribution >= 0.6 is 0 Å². The molecule has 2 atom stereocenters. The van der Waals surface area contributed by atoms with Crippen LogP contribution in [0, 0.1) is 5.92 Å². The number of piperidine rings is 1. The molecule has 0 unspecified atom stereocenters. The van der Waals surface area contributed by atoms with E-state index >= 15 is 0 Å². The molecule has 0 saturated carbocycles. The van der Waals surface area contributed by atoms with Gasteiger partial charge in [0.05, 0.1) is 7.11 Å². The minimum Gasteiger partial charge on any atom is -0.469 e. The Balaban J connectivity index is 1.46. The second kappa shape index (κ2) is 9.90. The lowest BCUT2D eigenvalue weighted by molar-refractivity contribution is -0.141. The number of hydrogen-bond donors (Lipinski definition) is 0. The topological polar surface area (TPSA) is 36.0 Å². The van der Waals surface area contributed by atoms with E-state index in [1.165, 1.54) is 29.9 Å². The van der Waals surface area contributed by atoms with Crippen molar-refractivity contribution in [3.05, 3.63) is 48.0 Å². The molecule has 2 saturated heterocycles. The molecule has 162 valence electrons. The predicted molar refractivity (Wildman–Crippen MR) is 121 cm³/mol. The van der Waals surface area contributed by atoms with Gasteiger partial charge in [0.2, 0.25) is 0 Å². The number of carbonyl (C=O) groups is 1. The Morgan fingerprint density at radius 3 is 2.60 bits per heavy atom. The maximum absolute atomic E-state index is 11.8. The van der Waals surface area contributed by atoms with Gasteiger partial charge in [0, 0.05) is 51.7 Å². The Kier molecular flexibility index (Phi) is 7.03. The number of nitrogens with zero attached hydrogens (tertiary/aromatic N) is 3. The van der Waals surface area contributed by atoms with Gasteiger partial charge in [0.1, 0.15) is 0 Å². The van der Waals surface area contributed by atoms with E-state index in [1.807, 2.05) is 0 Å². The van der Waals surface area contributed by atoms with Gasteiger partial charge in [0.25, 0.3) is 0 Å². The van der Waals surface area contributed by atoms with Crippen molar-refractivity contribution in [2.75, 3.05) is 53.4 Å². The van der Waals surface area contributed by atoms with Crippen LogP contribution in [0.2, 0.25) is 0 Å². The van der Waals surface area contributed by atoms with Crippen molar-refractivity contribution >= 4 is 16.7 Å². The molecule has 2 aromatic carbocycles. The normalized spacial score (nSPS) is 24.2. The highest BCUT2D eigenvalue weighted by Crippen LogP contribution is 2.29. The van der Waals surface area contributed by atoms with Gasteiger partial charge in [-0.05, 0) is 48.7 Å². The van der Waals surface area contributed by atoms with Gasteiger partial charge >= 0.3 is 5.97 Å². The van der Waals surface area contributed by atoms with Crippen molar-refractivity contribution in [3.63, 3.8) is 0 Å². The van der Waals surface area contributed by atoms with E-state index in [0.29, 0.717) is 18.4 Å². The largest absolute Gasteiger partial charge is 0.469 e. The standard InChI is InChI=1S/C25H35N3O2/c1-26-14-16-28(17-15-26)24-12-13-27(19-22(24)10-11-25(29)30-2)18-21-8-5-7-20-6-3-4-9-23(20)21/h3-9,22,24H,10-19H2,1-2H3/t22-,24+/m0/s1. The lowest BCUT2D eigenvalue weighted by Crippen LogP contribution is -2.56. The molecule has 0 amide bonds. The third kappa shape index (κ3) is 5.02. The van der Waals surface area contributed by atoms with Crippen molar-refractivity contribution < 1.29 is 9.53 Å². The first-order valence-electron chi connectivity index (χ1n) is 11.3. The zero-order valence-electron chi connectivity index (χ0n) is 18.4. The summed E-state index contributed by atoms with van der Waals surface area (Å²) in [7, 11) is 3.70. The summed E-state index contributed by atoms with van der Waals surface area (Å²) >= 11 is 0. The van der Waals surface area contributed by atoms with Crippen LogP contribution in [0.1, 0.15) is 24.8 Å². The lowest BCUT2D eigenvalue weighted by atomic mass is 9.86. The fourth-order valence-corrected chi connectivity index (χ4v) is 5.23. The van der Waals surface area contributed by atoms with Gasteiger partial charge in [0.15, 0.2) is 0 Å². The maximum atomic E-state index is 11.8. The molecule has 30 heavy (non-hydrogen) atoms. The number of methoxy groups -OCH3 is 1. The number of likely N-dealkylation sites (tertiary alicyclic amines) is 1. The van der Waals surface area contributed by atoms with Crippen LogP contribution in [-0.4, -0.2) is 80.1 Å². The first kappa shape index (κ1) is 21.3. The highest BCUT2D eigenvalue weighted by Gasteiger charge is 2.34. The highest BCUT2D eigenvalue weighted by molar-refractivity contribution is 5.85. The molecule has 2 aliphatic rings. The summed E-state index contributed by atoms with van der Waals surface area (Å²) in [6.07, 6.45) is 2.61. The Morgan fingerprint density at radius 1 is 1.03 bits per heavy atom. The number of rotatable bonds is 6. The van der Waals surface area contributed by atoms with Gasteiger partial charge in [-0.3, -0.25) is 14.6 Å². The molecule has 2 fully saturated rings. The maximum Gasteiger partial charge on any atom is 0.305 e. The van der Waals surface area contributed by atoms with E-state index in [1.54, 1.807) is 0 Å². The molecular formula is C25H35N3O2. The molecule has 0 radical (unpaired) electrons. The lowest BCUT2D eigenvalue weighted by Gasteiger charge is -2.46. The Hall–Kier alpha value is -1.95. The molecule has 2 aliphatic heterocycles. The highest BCUT2D eigenvalue weighted by atomic mass is 16.5. The van der Waals surface area contributed by atoms with Gasteiger partial charge in [-0.1, -0.05) is 42.5 Å². The monoisotopic (exact) mass is 409 g/mol. The van der Waals surface area contributed by atoms with Crippen LogP contribution in [0.5, 0.6) is 0 Å². The Morgan fingerprint density at radius 2 is 1.80 bits per heavy atom. The van der Waals surface area contributed by atoms with Crippen LogP contribution < -0.4 is 0 Å². The van der Waals surface area contributed by atoms with Crippen LogP contribution in [0.4, 0.5) is 0 Å². The van der Waals surface area contributed by atoms with E-state index in [9.17, 15) is 4.79 Å². The second-order valence-corrected chi connectivity index (χ2v) is 8.94. The first-order chi connectivity index (χ1) is 14.6. The number of hydrogen-bond acceptors (Lipinski definition) is 5. The molecule has 0 spiro atoms. The third-order valence-corrected chi connectivity index (χ3v) is 7.01. The van der Waals surface area contributed by atoms with Gasteiger partial charge in [-0.2, -0.15) is 0 Å². The predicted octanol–water partition coefficient (Wildman–Crippen LogP) is 3.23. The first-order valence-corrected chi connectivity index (χ1v) is 11.3. The van der Waals surface area contributed by atoms with Gasteiger partial charge in [-0.25, -0.2) is 0 Å². The number of ether oxygens (including phenoxy) is 1. The molecule has 2 heterocycles. The zero-order valence-corrected chi connectivity index (χ0v) is 18.4. The Bertz CT molecular complexity index is 842. The van der Waals surface area contributed by atoms with Crippen molar-refractivity contribution in [2.24, 2.45) is 5.92 Å². The fourth-order valence-electron chi connectivity index (χ4n) is 5.23. The summed E-state index contributed by atoms with van der Waals surface area (Å²) in [6, 6.07) is 15.9. The molecule has 0 aromatic heterocycles. The van der Waals surface area contributed by atoms with E-state index in [-0.39, 0.29) is 5.97 Å². The van der Waals surface area contributed by atoms with E-state index in [4.69, 9.17) is 4.74 Å². The molecule has 5 heteroatoms. The summed E-state index contributed by atoms with van der Waals surface area (Å²) in [5.41, 5.74) is 1.40. The van der Waals surface area contributed by atoms with E-state index in [0.717, 1.165) is 52.2 Å². The number of fused-ring (bicyclic) bond motifs is 1. The number of piperazine rings is 1. The van der Waals surface area contributed by atoms with Crippen molar-refractivity contribution in [1.82, 2.24) is 14.7 Å². The molecule has 0 aliphatic carbocycles. The summed E-state index contributed by atoms with van der Waals surface area (Å²) in [6.45, 7) is 7.70. The van der Waals surface area contributed by atoms with Crippen LogP contribution in [0.25, 0.3) is 10.8 Å². The number of esters is 1. The SMILES string of the molecule is COC(=O)CC[C@H]1CN(Cc2cccc3ccccc23)CC[C@H]1N1CCN(C)CC1. The van der Waals surface area contributed by atoms with Gasteiger partial charge < -0.3 is 9.64 Å². The van der Waals surface area contributed by atoms with Crippen molar-refractivity contribution in [3.8, 4) is 0 Å². The number of carbonyl (C=O) groups excluding carboxylic acids is 1. The van der Waals surface area contributed by atoms with Crippen LogP contribution in [0.15, 0.2) is 42.5 Å². The van der Waals surface area contributed by atoms with E-state index < -0.39 is 0 Å². The average molecular weight is 410 g/mol. The van der Waals surface area contributed by atoms with Crippen molar-refractivity contribution in [1.29, 1.82) is 0 Å². The van der Waals surface area contributed by atoms with Crippen molar-refractivity contribution in [2.45, 2.75) is 31.8 Å². The third-order valence-electron chi connectivity index (χ3n) is 7.01.